The number of carbonyl (C=O) groups is 1. The van der Waals surface area contributed by atoms with Crippen LogP contribution in [0.15, 0.2) is 24.3 Å². The normalized spacial score (nSPS) is 11.2. The van der Waals surface area contributed by atoms with Crippen LogP contribution in [-0.2, 0) is 10.9 Å². The van der Waals surface area contributed by atoms with E-state index in [1.165, 1.54) is 12.1 Å². The van der Waals surface area contributed by atoms with Crippen molar-refractivity contribution in [1.29, 1.82) is 0 Å². The number of hydrogen-bond acceptors (Lipinski definition) is 3. The highest BCUT2D eigenvalue weighted by molar-refractivity contribution is 5.64. The number of ether oxygens (including phenoxy) is 2. The van der Waals surface area contributed by atoms with Crippen LogP contribution < -0.4 is 4.74 Å². The van der Waals surface area contributed by atoms with Crippen LogP contribution in [0.2, 0.25) is 0 Å². The molecule has 0 saturated heterocycles. The van der Waals surface area contributed by atoms with Crippen LogP contribution in [-0.4, -0.2) is 12.8 Å². The van der Waals surface area contributed by atoms with E-state index in [-0.39, 0.29) is 6.61 Å². The zero-order chi connectivity index (χ0) is 15.0. The first-order chi connectivity index (χ1) is 9.45. The van der Waals surface area contributed by atoms with Crippen molar-refractivity contribution in [2.24, 2.45) is 0 Å². The molecule has 0 amide bonds. The molecule has 0 atom stereocenters. The van der Waals surface area contributed by atoms with Crippen molar-refractivity contribution in [1.82, 2.24) is 0 Å². The number of halogens is 3. The number of unbranched alkanes of at least 4 members (excludes halogenated alkanes) is 3. The van der Waals surface area contributed by atoms with Crippen molar-refractivity contribution >= 4 is 6.16 Å². The van der Waals surface area contributed by atoms with Gasteiger partial charge in [-0.15, -0.1) is 0 Å². The Morgan fingerprint density at radius 3 is 2.50 bits per heavy atom. The third-order valence-corrected chi connectivity index (χ3v) is 2.60. The standard InChI is InChI=1S/C14H17F3O3/c1-2-3-4-7-10-19-13(18)20-12-9-6-5-8-11(12)14(15,16)17/h5-6,8-9H,2-4,7,10H2,1H3. The Morgan fingerprint density at radius 1 is 1.15 bits per heavy atom. The molecule has 1 aromatic rings. The first-order valence-corrected chi connectivity index (χ1v) is 6.46. The zero-order valence-electron chi connectivity index (χ0n) is 11.2. The number of alkyl halides is 3. The summed E-state index contributed by atoms with van der Waals surface area (Å²) >= 11 is 0. The zero-order valence-corrected chi connectivity index (χ0v) is 11.2. The van der Waals surface area contributed by atoms with Crippen molar-refractivity contribution in [3.63, 3.8) is 0 Å². The van der Waals surface area contributed by atoms with E-state index in [1.54, 1.807) is 0 Å². The molecule has 0 unspecified atom stereocenters. The average Bonchev–Trinajstić information content (AvgIpc) is 2.38. The summed E-state index contributed by atoms with van der Waals surface area (Å²) in [6.45, 7) is 2.19. The minimum Gasteiger partial charge on any atom is -0.434 e. The lowest BCUT2D eigenvalue weighted by molar-refractivity contribution is -0.138. The molecule has 0 spiro atoms. The monoisotopic (exact) mass is 290 g/mol. The van der Waals surface area contributed by atoms with Crippen LogP contribution in [0.25, 0.3) is 0 Å². The van der Waals surface area contributed by atoms with Gasteiger partial charge in [-0.25, -0.2) is 4.79 Å². The van der Waals surface area contributed by atoms with Gasteiger partial charge in [0.25, 0.3) is 0 Å². The molecule has 20 heavy (non-hydrogen) atoms. The van der Waals surface area contributed by atoms with Gasteiger partial charge in [0, 0.05) is 0 Å². The largest absolute Gasteiger partial charge is 0.513 e. The van der Waals surface area contributed by atoms with Crippen LogP contribution in [0.1, 0.15) is 38.2 Å². The number of rotatable bonds is 6. The molecule has 0 aromatic heterocycles. The molecule has 3 nitrogen and oxygen atoms in total. The van der Waals surface area contributed by atoms with Gasteiger partial charge in [0.2, 0.25) is 0 Å². The number of carbonyl (C=O) groups excluding carboxylic acids is 1. The minimum atomic E-state index is -4.57. The van der Waals surface area contributed by atoms with E-state index in [9.17, 15) is 18.0 Å². The maximum absolute atomic E-state index is 12.7. The van der Waals surface area contributed by atoms with Gasteiger partial charge in [-0.1, -0.05) is 38.3 Å². The molecule has 0 aliphatic heterocycles. The number of benzene rings is 1. The maximum atomic E-state index is 12.7. The summed E-state index contributed by atoms with van der Waals surface area (Å²) in [6, 6.07) is 4.52. The Kier molecular flexibility index (Phi) is 6.35. The summed E-state index contributed by atoms with van der Waals surface area (Å²) in [7, 11) is 0. The smallest absolute Gasteiger partial charge is 0.434 e. The first-order valence-electron chi connectivity index (χ1n) is 6.46. The SMILES string of the molecule is CCCCCCOC(=O)Oc1ccccc1C(F)(F)F. The fourth-order valence-corrected chi connectivity index (χ4v) is 1.59. The van der Waals surface area contributed by atoms with Crippen LogP contribution >= 0.6 is 0 Å². The lowest BCUT2D eigenvalue weighted by Gasteiger charge is -2.12. The quantitative estimate of drug-likeness (QED) is 0.429. The molecular formula is C14H17F3O3. The van der Waals surface area contributed by atoms with Crippen LogP contribution in [0, 0.1) is 0 Å². The maximum Gasteiger partial charge on any atom is 0.513 e. The second-order valence-corrected chi connectivity index (χ2v) is 4.26. The van der Waals surface area contributed by atoms with Crippen LogP contribution in [0.5, 0.6) is 5.75 Å². The molecular weight excluding hydrogens is 273 g/mol. The topological polar surface area (TPSA) is 35.5 Å². The summed E-state index contributed by atoms with van der Waals surface area (Å²) in [4.78, 5) is 11.3. The second kappa shape index (κ2) is 7.77. The van der Waals surface area contributed by atoms with Gasteiger partial charge < -0.3 is 9.47 Å². The molecule has 0 radical (unpaired) electrons. The fraction of sp³-hybridized carbons (Fsp3) is 0.500. The van der Waals surface area contributed by atoms with Crippen molar-refractivity contribution in [2.75, 3.05) is 6.61 Å². The Balaban J connectivity index is 2.50. The van der Waals surface area contributed by atoms with Gasteiger partial charge in [0.15, 0.2) is 0 Å². The van der Waals surface area contributed by atoms with Gasteiger partial charge in [-0.3, -0.25) is 0 Å². The molecule has 112 valence electrons. The van der Waals surface area contributed by atoms with E-state index in [4.69, 9.17) is 4.74 Å². The highest BCUT2D eigenvalue weighted by Crippen LogP contribution is 2.35. The molecule has 0 heterocycles. The van der Waals surface area contributed by atoms with Crippen molar-refractivity contribution < 1.29 is 27.4 Å². The number of para-hydroxylation sites is 1. The molecule has 6 heteroatoms. The Morgan fingerprint density at radius 2 is 1.85 bits per heavy atom. The third kappa shape index (κ3) is 5.50. The number of hydrogen-bond donors (Lipinski definition) is 0. The second-order valence-electron chi connectivity index (χ2n) is 4.26. The van der Waals surface area contributed by atoms with Crippen molar-refractivity contribution in [3.05, 3.63) is 29.8 Å². The third-order valence-electron chi connectivity index (χ3n) is 2.60. The Labute approximate surface area is 115 Å². The summed E-state index contributed by atoms with van der Waals surface area (Å²) < 4.78 is 47.3. The Bertz CT molecular complexity index is 430. The van der Waals surface area contributed by atoms with Gasteiger partial charge in [-0.2, -0.15) is 13.2 Å². The van der Waals surface area contributed by atoms with E-state index < -0.39 is 23.6 Å². The van der Waals surface area contributed by atoms with E-state index in [0.717, 1.165) is 31.4 Å². The molecule has 1 aromatic carbocycles. The van der Waals surface area contributed by atoms with Gasteiger partial charge in [0.1, 0.15) is 5.75 Å². The minimum absolute atomic E-state index is 0.146. The lowest BCUT2D eigenvalue weighted by Crippen LogP contribution is -2.15. The van der Waals surface area contributed by atoms with Gasteiger partial charge >= 0.3 is 12.3 Å². The molecule has 0 bridgehead atoms. The van der Waals surface area contributed by atoms with Gasteiger partial charge in [-0.05, 0) is 18.6 Å². The molecule has 0 N–H and O–H groups in total. The fourth-order valence-electron chi connectivity index (χ4n) is 1.59. The van der Waals surface area contributed by atoms with Crippen molar-refractivity contribution in [2.45, 2.75) is 38.8 Å². The van der Waals surface area contributed by atoms with Gasteiger partial charge in [0.05, 0.1) is 12.2 Å². The Hall–Kier alpha value is -1.72. The molecule has 0 aliphatic rings. The van der Waals surface area contributed by atoms with E-state index in [2.05, 4.69) is 4.74 Å². The van der Waals surface area contributed by atoms with Crippen LogP contribution in [0.3, 0.4) is 0 Å². The van der Waals surface area contributed by atoms with Crippen molar-refractivity contribution in [3.8, 4) is 5.75 Å². The average molecular weight is 290 g/mol. The highest BCUT2D eigenvalue weighted by atomic mass is 19.4. The molecule has 0 aliphatic carbocycles. The van der Waals surface area contributed by atoms with Crippen LogP contribution in [0.4, 0.5) is 18.0 Å². The first kappa shape index (κ1) is 16.3. The van der Waals surface area contributed by atoms with E-state index >= 15 is 0 Å². The molecule has 1 rings (SSSR count). The van der Waals surface area contributed by atoms with E-state index in [1.807, 2.05) is 6.92 Å². The summed E-state index contributed by atoms with van der Waals surface area (Å²) in [5.74, 6) is -0.543. The molecule has 0 saturated carbocycles. The molecule has 0 fully saturated rings. The summed E-state index contributed by atoms with van der Waals surface area (Å²) in [5.41, 5.74) is -0.997. The predicted octanol–water partition coefficient (Wildman–Crippen LogP) is 4.80. The summed E-state index contributed by atoms with van der Waals surface area (Å²) in [5, 5.41) is 0. The summed E-state index contributed by atoms with van der Waals surface area (Å²) in [6.07, 6.45) is -2.04. The predicted molar refractivity (Wildman–Crippen MR) is 67.6 cm³/mol. The highest BCUT2D eigenvalue weighted by Gasteiger charge is 2.34. The lowest BCUT2D eigenvalue weighted by atomic mass is 10.2. The van der Waals surface area contributed by atoms with E-state index in [0.29, 0.717) is 6.42 Å².